The molecule has 2 rings (SSSR count). The van der Waals surface area contributed by atoms with Gasteiger partial charge in [0.25, 0.3) is 0 Å². The molecule has 1 saturated carbocycles. The number of rotatable bonds is 8. The van der Waals surface area contributed by atoms with Gasteiger partial charge in [-0.05, 0) is 30.4 Å². The summed E-state index contributed by atoms with van der Waals surface area (Å²) < 4.78 is 11.0. The zero-order valence-corrected chi connectivity index (χ0v) is 13.2. The second kappa shape index (κ2) is 7.43. The molecule has 0 unspecified atom stereocenters. The first-order valence-electron chi connectivity index (χ1n) is 7.86. The van der Waals surface area contributed by atoms with Crippen molar-refractivity contribution < 1.29 is 14.3 Å². The fraction of sp³-hybridized carbons (Fsp3) is 0.647. The second-order valence-corrected chi connectivity index (χ2v) is 6.04. The van der Waals surface area contributed by atoms with Gasteiger partial charge in [0.1, 0.15) is 5.75 Å². The van der Waals surface area contributed by atoms with Gasteiger partial charge < -0.3 is 9.47 Å². The molecule has 1 aromatic rings. The van der Waals surface area contributed by atoms with Gasteiger partial charge in [-0.2, -0.15) is 0 Å². The van der Waals surface area contributed by atoms with E-state index in [4.69, 9.17) is 9.47 Å². The van der Waals surface area contributed by atoms with Gasteiger partial charge in [0.2, 0.25) is 0 Å². The van der Waals surface area contributed by atoms with E-state index in [1.165, 1.54) is 5.56 Å². The van der Waals surface area contributed by atoms with E-state index in [0.29, 0.717) is 18.4 Å². The molecule has 4 nitrogen and oxygen atoms in total. The van der Waals surface area contributed by atoms with Gasteiger partial charge in [0.15, 0.2) is 0 Å². The Labute approximate surface area is 126 Å². The van der Waals surface area contributed by atoms with Crippen LogP contribution in [0.3, 0.4) is 0 Å². The number of pyridine rings is 1. The zero-order valence-electron chi connectivity index (χ0n) is 13.2. The second-order valence-electron chi connectivity index (χ2n) is 6.04. The van der Waals surface area contributed by atoms with Crippen LogP contribution >= 0.6 is 0 Å². The van der Waals surface area contributed by atoms with Gasteiger partial charge >= 0.3 is 5.97 Å². The third-order valence-electron chi connectivity index (χ3n) is 3.76. The molecule has 1 aliphatic rings. The van der Waals surface area contributed by atoms with Crippen molar-refractivity contribution in [3.8, 4) is 5.75 Å². The molecular weight excluding hydrogens is 266 g/mol. The van der Waals surface area contributed by atoms with Gasteiger partial charge in [0, 0.05) is 12.1 Å². The average molecular weight is 291 g/mol. The molecule has 0 aromatic carbocycles. The zero-order chi connectivity index (χ0) is 15.2. The van der Waals surface area contributed by atoms with Crippen LogP contribution in [0, 0.1) is 11.8 Å². The molecule has 0 radical (unpaired) electrons. The summed E-state index contributed by atoms with van der Waals surface area (Å²) in [6.45, 7) is 7.11. The summed E-state index contributed by atoms with van der Waals surface area (Å²) in [6, 6.07) is 2.07. The van der Waals surface area contributed by atoms with E-state index in [9.17, 15) is 4.79 Å². The summed E-state index contributed by atoms with van der Waals surface area (Å²) in [6.07, 6.45) is 6.89. The van der Waals surface area contributed by atoms with Crippen molar-refractivity contribution in [3.05, 3.63) is 24.0 Å². The van der Waals surface area contributed by atoms with Crippen LogP contribution < -0.4 is 4.74 Å². The normalized spacial score (nSPS) is 20.4. The topological polar surface area (TPSA) is 48.4 Å². The molecule has 0 amide bonds. The number of carbonyl (C=O) groups is 1. The molecule has 4 heteroatoms. The molecule has 2 atom stereocenters. The van der Waals surface area contributed by atoms with E-state index in [2.05, 4.69) is 18.0 Å². The van der Waals surface area contributed by atoms with Crippen molar-refractivity contribution in [2.45, 2.75) is 46.0 Å². The summed E-state index contributed by atoms with van der Waals surface area (Å²) in [5.41, 5.74) is 1.19. The number of hydrogen-bond acceptors (Lipinski definition) is 4. The highest BCUT2D eigenvalue weighted by Crippen LogP contribution is 2.47. The molecule has 21 heavy (non-hydrogen) atoms. The predicted molar refractivity (Wildman–Crippen MR) is 81.3 cm³/mol. The SMILES string of the molecule is CCCCOc1cncc([C@H]2C[C@@H]2COC(=O)C(C)C)c1. The molecule has 0 aliphatic heterocycles. The maximum atomic E-state index is 11.5. The molecule has 1 fully saturated rings. The maximum absolute atomic E-state index is 11.5. The molecular formula is C17H25NO3. The number of hydrogen-bond donors (Lipinski definition) is 0. The lowest BCUT2D eigenvalue weighted by Crippen LogP contribution is -2.13. The highest BCUT2D eigenvalue weighted by Gasteiger charge is 2.39. The molecule has 0 bridgehead atoms. The lowest BCUT2D eigenvalue weighted by Gasteiger charge is -2.08. The van der Waals surface area contributed by atoms with E-state index in [-0.39, 0.29) is 11.9 Å². The first-order chi connectivity index (χ1) is 10.1. The summed E-state index contributed by atoms with van der Waals surface area (Å²) in [5.74, 6) is 1.55. The number of esters is 1. The standard InChI is InChI=1S/C17H25NO3/c1-4-5-6-20-15-7-13(9-18-10-15)16-8-14(16)11-21-17(19)12(2)3/h7,9-10,12,14,16H,4-6,8,11H2,1-3H3/t14-,16-/m1/s1. The Morgan fingerprint density at radius 2 is 2.24 bits per heavy atom. The Morgan fingerprint density at radius 3 is 2.95 bits per heavy atom. The number of ether oxygens (including phenoxy) is 2. The van der Waals surface area contributed by atoms with Crippen molar-refractivity contribution in [1.82, 2.24) is 4.98 Å². The lowest BCUT2D eigenvalue weighted by molar-refractivity contribution is -0.147. The van der Waals surface area contributed by atoms with E-state index in [1.54, 1.807) is 6.20 Å². The first kappa shape index (κ1) is 15.8. The summed E-state index contributed by atoms with van der Waals surface area (Å²) in [5, 5.41) is 0. The lowest BCUT2D eigenvalue weighted by atomic mass is 10.1. The fourth-order valence-corrected chi connectivity index (χ4v) is 2.25. The van der Waals surface area contributed by atoms with Crippen LogP contribution in [-0.2, 0) is 9.53 Å². The molecule has 116 valence electrons. The van der Waals surface area contributed by atoms with E-state index in [1.807, 2.05) is 20.0 Å². The van der Waals surface area contributed by atoms with Crippen molar-refractivity contribution in [3.63, 3.8) is 0 Å². The Morgan fingerprint density at radius 1 is 1.43 bits per heavy atom. The third kappa shape index (κ3) is 4.73. The van der Waals surface area contributed by atoms with Crippen LogP contribution in [0.25, 0.3) is 0 Å². The van der Waals surface area contributed by atoms with Crippen LogP contribution in [0.2, 0.25) is 0 Å². The molecule has 1 aliphatic carbocycles. The maximum Gasteiger partial charge on any atom is 0.308 e. The van der Waals surface area contributed by atoms with Crippen molar-refractivity contribution in [2.24, 2.45) is 11.8 Å². The minimum absolute atomic E-state index is 0.0563. The van der Waals surface area contributed by atoms with Crippen molar-refractivity contribution >= 4 is 5.97 Å². The highest BCUT2D eigenvalue weighted by atomic mass is 16.5. The van der Waals surface area contributed by atoms with E-state index >= 15 is 0 Å². The number of unbranched alkanes of at least 4 members (excludes halogenated alkanes) is 1. The highest BCUT2D eigenvalue weighted by molar-refractivity contribution is 5.71. The monoisotopic (exact) mass is 291 g/mol. The van der Waals surface area contributed by atoms with Crippen LogP contribution in [0.5, 0.6) is 5.75 Å². The van der Waals surface area contributed by atoms with Gasteiger partial charge in [-0.1, -0.05) is 27.2 Å². The van der Waals surface area contributed by atoms with Gasteiger partial charge in [-0.3, -0.25) is 9.78 Å². The average Bonchev–Trinajstić information content (AvgIpc) is 3.25. The predicted octanol–water partition coefficient (Wildman–Crippen LogP) is 3.56. The van der Waals surface area contributed by atoms with E-state index in [0.717, 1.165) is 31.6 Å². The van der Waals surface area contributed by atoms with Gasteiger partial charge in [-0.25, -0.2) is 0 Å². The van der Waals surface area contributed by atoms with Crippen LogP contribution in [0.15, 0.2) is 18.5 Å². The summed E-state index contributed by atoms with van der Waals surface area (Å²) >= 11 is 0. The first-order valence-corrected chi connectivity index (χ1v) is 7.86. The van der Waals surface area contributed by atoms with Gasteiger partial charge in [0.05, 0.1) is 25.3 Å². The number of nitrogens with zero attached hydrogens (tertiary/aromatic N) is 1. The Balaban J connectivity index is 1.81. The minimum atomic E-state index is -0.115. The van der Waals surface area contributed by atoms with Crippen molar-refractivity contribution in [2.75, 3.05) is 13.2 Å². The Hall–Kier alpha value is -1.58. The number of carbonyl (C=O) groups excluding carboxylic acids is 1. The van der Waals surface area contributed by atoms with Crippen LogP contribution in [0.1, 0.15) is 51.5 Å². The van der Waals surface area contributed by atoms with E-state index < -0.39 is 0 Å². The molecule has 0 saturated heterocycles. The molecule has 0 spiro atoms. The minimum Gasteiger partial charge on any atom is -0.492 e. The van der Waals surface area contributed by atoms with Gasteiger partial charge in [-0.15, -0.1) is 0 Å². The number of aromatic nitrogens is 1. The smallest absolute Gasteiger partial charge is 0.308 e. The van der Waals surface area contributed by atoms with Crippen LogP contribution in [-0.4, -0.2) is 24.2 Å². The largest absolute Gasteiger partial charge is 0.492 e. The fourth-order valence-electron chi connectivity index (χ4n) is 2.25. The van der Waals surface area contributed by atoms with Crippen LogP contribution in [0.4, 0.5) is 0 Å². The Kier molecular flexibility index (Phi) is 5.59. The molecule has 0 N–H and O–H groups in total. The third-order valence-corrected chi connectivity index (χ3v) is 3.76. The molecule has 1 aromatic heterocycles. The summed E-state index contributed by atoms with van der Waals surface area (Å²) in [7, 11) is 0. The summed E-state index contributed by atoms with van der Waals surface area (Å²) in [4.78, 5) is 15.7. The molecule has 1 heterocycles. The quantitative estimate of drug-likeness (QED) is 0.543. The van der Waals surface area contributed by atoms with Crippen molar-refractivity contribution in [1.29, 1.82) is 0 Å². The Bertz CT molecular complexity index is 473.